The SMILES string of the molecule is COc1cnc2ccccc2c1C(=O)N(C)c1ccccc1. The minimum Gasteiger partial charge on any atom is -0.494 e. The number of para-hydroxylation sites is 2. The highest BCUT2D eigenvalue weighted by Gasteiger charge is 2.21. The van der Waals surface area contributed by atoms with Crippen molar-refractivity contribution in [1.29, 1.82) is 0 Å². The highest BCUT2D eigenvalue weighted by Crippen LogP contribution is 2.28. The van der Waals surface area contributed by atoms with Crippen LogP contribution in [0.4, 0.5) is 5.69 Å². The van der Waals surface area contributed by atoms with E-state index in [1.54, 1.807) is 25.3 Å². The van der Waals surface area contributed by atoms with Gasteiger partial charge in [0.25, 0.3) is 5.91 Å². The van der Waals surface area contributed by atoms with E-state index in [1.165, 1.54) is 0 Å². The molecule has 0 aliphatic heterocycles. The molecule has 22 heavy (non-hydrogen) atoms. The highest BCUT2D eigenvalue weighted by molar-refractivity contribution is 6.15. The maximum Gasteiger partial charge on any atom is 0.262 e. The monoisotopic (exact) mass is 292 g/mol. The fraction of sp³-hybridized carbons (Fsp3) is 0.111. The molecule has 0 unspecified atom stereocenters. The van der Waals surface area contributed by atoms with Gasteiger partial charge in [0, 0.05) is 18.1 Å². The van der Waals surface area contributed by atoms with Gasteiger partial charge in [0.05, 0.1) is 24.4 Å². The normalized spacial score (nSPS) is 10.5. The molecule has 3 aromatic rings. The molecule has 0 atom stereocenters. The first-order chi connectivity index (χ1) is 10.7. The van der Waals surface area contributed by atoms with Crippen molar-refractivity contribution in [3.63, 3.8) is 0 Å². The first kappa shape index (κ1) is 14.1. The maximum absolute atomic E-state index is 13.0. The Morgan fingerprint density at radius 2 is 1.73 bits per heavy atom. The third kappa shape index (κ3) is 2.39. The maximum atomic E-state index is 13.0. The molecule has 110 valence electrons. The second-order valence-electron chi connectivity index (χ2n) is 4.92. The second kappa shape index (κ2) is 5.85. The number of hydrogen-bond donors (Lipinski definition) is 0. The van der Waals surface area contributed by atoms with Crippen molar-refractivity contribution < 1.29 is 9.53 Å². The molecule has 0 spiro atoms. The number of rotatable bonds is 3. The van der Waals surface area contributed by atoms with E-state index in [2.05, 4.69) is 4.98 Å². The van der Waals surface area contributed by atoms with Crippen LogP contribution in [0.25, 0.3) is 10.9 Å². The minimum atomic E-state index is -0.123. The van der Waals surface area contributed by atoms with Gasteiger partial charge >= 0.3 is 0 Å². The van der Waals surface area contributed by atoms with Crippen molar-refractivity contribution in [3.8, 4) is 5.75 Å². The number of amides is 1. The van der Waals surface area contributed by atoms with Gasteiger partial charge in [-0.15, -0.1) is 0 Å². The quantitative estimate of drug-likeness (QED) is 0.741. The van der Waals surface area contributed by atoms with Crippen LogP contribution in [0.15, 0.2) is 60.8 Å². The van der Waals surface area contributed by atoms with Crippen LogP contribution < -0.4 is 9.64 Å². The minimum absolute atomic E-state index is 0.123. The van der Waals surface area contributed by atoms with Crippen LogP contribution >= 0.6 is 0 Å². The molecule has 0 fully saturated rings. The molecule has 1 amide bonds. The summed E-state index contributed by atoms with van der Waals surface area (Å²) in [7, 11) is 3.30. The van der Waals surface area contributed by atoms with Gasteiger partial charge in [-0.3, -0.25) is 9.78 Å². The molecule has 4 nitrogen and oxygen atoms in total. The van der Waals surface area contributed by atoms with Gasteiger partial charge < -0.3 is 9.64 Å². The summed E-state index contributed by atoms with van der Waals surface area (Å²) >= 11 is 0. The Labute approximate surface area is 129 Å². The summed E-state index contributed by atoms with van der Waals surface area (Å²) in [4.78, 5) is 18.9. The number of aromatic nitrogens is 1. The number of ether oxygens (including phenoxy) is 1. The van der Waals surface area contributed by atoms with Crippen LogP contribution in [-0.4, -0.2) is 25.0 Å². The molecule has 2 aromatic carbocycles. The summed E-state index contributed by atoms with van der Waals surface area (Å²) in [5, 5.41) is 0.787. The Morgan fingerprint density at radius 3 is 2.45 bits per heavy atom. The fourth-order valence-electron chi connectivity index (χ4n) is 2.43. The Kier molecular flexibility index (Phi) is 3.74. The summed E-state index contributed by atoms with van der Waals surface area (Å²) in [5.74, 6) is 0.355. The largest absolute Gasteiger partial charge is 0.494 e. The number of fused-ring (bicyclic) bond motifs is 1. The van der Waals surface area contributed by atoms with Crippen LogP contribution in [0, 0.1) is 0 Å². The van der Waals surface area contributed by atoms with Crippen molar-refractivity contribution >= 4 is 22.5 Å². The lowest BCUT2D eigenvalue weighted by Gasteiger charge is -2.19. The average Bonchev–Trinajstić information content (AvgIpc) is 2.60. The smallest absolute Gasteiger partial charge is 0.262 e. The van der Waals surface area contributed by atoms with E-state index in [9.17, 15) is 4.79 Å². The lowest BCUT2D eigenvalue weighted by Crippen LogP contribution is -2.27. The molecule has 4 heteroatoms. The Bertz CT molecular complexity index is 816. The molecule has 0 saturated heterocycles. The van der Waals surface area contributed by atoms with Crippen molar-refractivity contribution in [1.82, 2.24) is 4.98 Å². The first-order valence-corrected chi connectivity index (χ1v) is 6.97. The van der Waals surface area contributed by atoms with Gasteiger partial charge in [0.1, 0.15) is 0 Å². The molecule has 0 bridgehead atoms. The molecule has 1 aromatic heterocycles. The summed E-state index contributed by atoms with van der Waals surface area (Å²) in [6.45, 7) is 0. The number of benzene rings is 2. The molecular formula is C18H16N2O2. The first-order valence-electron chi connectivity index (χ1n) is 6.97. The van der Waals surface area contributed by atoms with E-state index in [0.29, 0.717) is 11.3 Å². The molecule has 0 aliphatic rings. The standard InChI is InChI=1S/C18H16N2O2/c1-20(13-8-4-3-5-9-13)18(21)17-14-10-6-7-11-15(14)19-12-16(17)22-2/h3-12H,1-2H3. The van der Waals surface area contributed by atoms with E-state index in [4.69, 9.17) is 4.74 Å². The summed E-state index contributed by atoms with van der Waals surface area (Å²) in [6.07, 6.45) is 1.59. The van der Waals surface area contributed by atoms with E-state index in [-0.39, 0.29) is 5.91 Å². The van der Waals surface area contributed by atoms with Crippen molar-refractivity contribution in [2.24, 2.45) is 0 Å². The zero-order valence-electron chi connectivity index (χ0n) is 12.5. The van der Waals surface area contributed by atoms with E-state index >= 15 is 0 Å². The zero-order valence-corrected chi connectivity index (χ0v) is 12.5. The van der Waals surface area contributed by atoms with Gasteiger partial charge in [0.2, 0.25) is 0 Å². The van der Waals surface area contributed by atoms with Crippen LogP contribution in [0.5, 0.6) is 5.75 Å². The lowest BCUT2D eigenvalue weighted by atomic mass is 10.1. The van der Waals surface area contributed by atoms with Crippen LogP contribution in [0.2, 0.25) is 0 Å². The van der Waals surface area contributed by atoms with E-state index < -0.39 is 0 Å². The summed E-state index contributed by atoms with van der Waals surface area (Å²) in [5.41, 5.74) is 2.13. The van der Waals surface area contributed by atoms with Crippen LogP contribution in [0.1, 0.15) is 10.4 Å². The molecule has 3 rings (SSSR count). The van der Waals surface area contributed by atoms with Crippen LogP contribution in [-0.2, 0) is 0 Å². The predicted molar refractivity (Wildman–Crippen MR) is 87.5 cm³/mol. The van der Waals surface area contributed by atoms with Gasteiger partial charge in [-0.2, -0.15) is 0 Å². The van der Waals surface area contributed by atoms with Crippen molar-refractivity contribution in [2.45, 2.75) is 0 Å². The molecule has 0 aliphatic carbocycles. The van der Waals surface area contributed by atoms with E-state index in [0.717, 1.165) is 16.6 Å². The number of hydrogen-bond acceptors (Lipinski definition) is 3. The number of methoxy groups -OCH3 is 1. The third-order valence-corrected chi connectivity index (χ3v) is 3.62. The van der Waals surface area contributed by atoms with E-state index in [1.807, 2.05) is 54.6 Å². The van der Waals surface area contributed by atoms with Gasteiger partial charge in [0.15, 0.2) is 5.75 Å². The van der Waals surface area contributed by atoms with Gasteiger partial charge in [-0.1, -0.05) is 36.4 Å². The third-order valence-electron chi connectivity index (χ3n) is 3.62. The number of pyridine rings is 1. The molecular weight excluding hydrogens is 276 g/mol. The van der Waals surface area contributed by atoms with Crippen molar-refractivity contribution in [2.75, 3.05) is 19.1 Å². The average molecular weight is 292 g/mol. The lowest BCUT2D eigenvalue weighted by molar-refractivity contribution is 0.0991. The predicted octanol–water partition coefficient (Wildman–Crippen LogP) is 3.52. The Balaban J connectivity index is 2.14. The molecule has 0 saturated carbocycles. The summed E-state index contributed by atoms with van der Waals surface area (Å²) < 4.78 is 5.35. The van der Waals surface area contributed by atoms with Crippen molar-refractivity contribution in [3.05, 3.63) is 66.4 Å². The number of nitrogens with zero attached hydrogens (tertiary/aromatic N) is 2. The topological polar surface area (TPSA) is 42.4 Å². The number of carbonyl (C=O) groups is 1. The zero-order chi connectivity index (χ0) is 15.5. The number of anilines is 1. The highest BCUT2D eigenvalue weighted by atomic mass is 16.5. The fourth-order valence-corrected chi connectivity index (χ4v) is 2.43. The molecule has 0 radical (unpaired) electrons. The Morgan fingerprint density at radius 1 is 1.05 bits per heavy atom. The van der Waals surface area contributed by atoms with Gasteiger partial charge in [-0.05, 0) is 18.2 Å². The molecule has 1 heterocycles. The molecule has 0 N–H and O–H groups in total. The van der Waals surface area contributed by atoms with Gasteiger partial charge in [-0.25, -0.2) is 0 Å². The Hall–Kier alpha value is -2.88. The number of carbonyl (C=O) groups excluding carboxylic acids is 1. The second-order valence-corrected chi connectivity index (χ2v) is 4.92. The summed E-state index contributed by atoms with van der Waals surface area (Å²) in [6, 6.07) is 17.1. The van der Waals surface area contributed by atoms with Crippen LogP contribution in [0.3, 0.4) is 0 Å².